The quantitative estimate of drug-likeness (QED) is 0.672. The molecule has 0 radical (unpaired) electrons. The van der Waals surface area contributed by atoms with Crippen LogP contribution in [-0.4, -0.2) is 22.0 Å². The van der Waals surface area contributed by atoms with E-state index < -0.39 is 0 Å². The lowest BCUT2D eigenvalue weighted by Crippen LogP contribution is -2.41. The molecule has 0 spiro atoms. The van der Waals surface area contributed by atoms with Crippen LogP contribution in [0.3, 0.4) is 0 Å². The van der Waals surface area contributed by atoms with Gasteiger partial charge in [-0.2, -0.15) is 0 Å². The van der Waals surface area contributed by atoms with Gasteiger partial charge in [-0.15, -0.1) is 0 Å². The third-order valence-corrected chi connectivity index (χ3v) is 4.33. The van der Waals surface area contributed by atoms with Gasteiger partial charge in [0.2, 0.25) is 0 Å². The van der Waals surface area contributed by atoms with E-state index in [1.54, 1.807) is 23.1 Å². The second kappa shape index (κ2) is 5.93. The van der Waals surface area contributed by atoms with Crippen molar-refractivity contribution in [1.29, 1.82) is 0 Å². The Morgan fingerprint density at radius 2 is 1.86 bits per heavy atom. The van der Waals surface area contributed by atoms with E-state index in [0.29, 0.717) is 10.8 Å². The van der Waals surface area contributed by atoms with Gasteiger partial charge in [0.25, 0.3) is 5.91 Å². The fraction of sp³-hybridized carbons (Fsp3) is 0.375. The molecule has 1 aliphatic carbocycles. The molecule has 1 aliphatic heterocycles. The van der Waals surface area contributed by atoms with Gasteiger partial charge < -0.3 is 5.32 Å². The zero-order valence-electron chi connectivity index (χ0n) is 11.6. The van der Waals surface area contributed by atoms with Gasteiger partial charge in [0.05, 0.1) is 0 Å². The molecule has 2 aliphatic rings. The van der Waals surface area contributed by atoms with Gasteiger partial charge in [0.15, 0.2) is 5.11 Å². The van der Waals surface area contributed by atoms with Crippen molar-refractivity contribution in [3.8, 4) is 0 Å². The number of carbonyl (C=O) groups is 1. The molecule has 1 saturated heterocycles. The summed E-state index contributed by atoms with van der Waals surface area (Å²) in [6.07, 6.45) is 7.27. The standard InChI is InChI=1S/C16H17FN2OS/c17-12-8-6-11(7-9-12)10-14-15(20)19(16(21)18-14)13-4-2-1-3-5-13/h6-10,13H,1-5H2,(H,18,21)/b14-10+. The van der Waals surface area contributed by atoms with E-state index in [1.807, 2.05) is 0 Å². The van der Waals surface area contributed by atoms with Crippen molar-refractivity contribution in [1.82, 2.24) is 10.2 Å². The molecule has 21 heavy (non-hydrogen) atoms. The number of nitrogens with zero attached hydrogens (tertiary/aromatic N) is 1. The number of amides is 1. The van der Waals surface area contributed by atoms with E-state index in [1.165, 1.54) is 18.6 Å². The zero-order valence-corrected chi connectivity index (χ0v) is 12.5. The largest absolute Gasteiger partial charge is 0.328 e. The molecule has 1 N–H and O–H groups in total. The van der Waals surface area contributed by atoms with E-state index >= 15 is 0 Å². The van der Waals surface area contributed by atoms with Crippen LogP contribution >= 0.6 is 12.2 Å². The number of thiocarbonyl (C=S) groups is 1. The number of benzene rings is 1. The average molecular weight is 304 g/mol. The third-order valence-electron chi connectivity index (χ3n) is 4.03. The first-order chi connectivity index (χ1) is 10.1. The minimum atomic E-state index is -0.290. The van der Waals surface area contributed by atoms with Crippen LogP contribution in [0.25, 0.3) is 6.08 Å². The Balaban J connectivity index is 1.80. The predicted octanol–water partition coefficient (Wildman–Crippen LogP) is 3.22. The second-order valence-corrected chi connectivity index (χ2v) is 5.89. The minimum Gasteiger partial charge on any atom is -0.328 e. The molecule has 1 heterocycles. The number of carbonyl (C=O) groups excluding carboxylic acids is 1. The lowest BCUT2D eigenvalue weighted by atomic mass is 9.94. The molecule has 0 unspecified atom stereocenters. The smallest absolute Gasteiger partial charge is 0.276 e. The van der Waals surface area contributed by atoms with Gasteiger partial charge >= 0.3 is 0 Å². The van der Waals surface area contributed by atoms with Gasteiger partial charge in [-0.05, 0) is 48.8 Å². The Hall–Kier alpha value is -1.75. The van der Waals surface area contributed by atoms with Crippen LogP contribution in [0.1, 0.15) is 37.7 Å². The molecular formula is C16H17FN2OS. The third kappa shape index (κ3) is 2.97. The van der Waals surface area contributed by atoms with Crippen LogP contribution in [0.4, 0.5) is 4.39 Å². The SMILES string of the molecule is O=C1/C(=C\c2ccc(F)cc2)NC(=S)N1C1CCCCC1. The molecule has 1 aromatic rings. The van der Waals surface area contributed by atoms with Gasteiger partial charge in [-0.25, -0.2) is 4.39 Å². The summed E-state index contributed by atoms with van der Waals surface area (Å²) < 4.78 is 12.9. The molecule has 0 aromatic heterocycles. The van der Waals surface area contributed by atoms with E-state index in [4.69, 9.17) is 12.2 Å². The molecule has 3 nitrogen and oxygen atoms in total. The fourth-order valence-corrected chi connectivity index (χ4v) is 3.29. The maximum atomic E-state index is 12.9. The number of nitrogens with one attached hydrogen (secondary N) is 1. The van der Waals surface area contributed by atoms with Crippen LogP contribution in [0.15, 0.2) is 30.0 Å². The molecule has 1 aromatic carbocycles. The summed E-state index contributed by atoms with van der Waals surface area (Å²) in [6, 6.07) is 6.25. The highest BCUT2D eigenvalue weighted by Crippen LogP contribution is 2.26. The Bertz CT molecular complexity index is 591. The minimum absolute atomic E-state index is 0.0729. The van der Waals surface area contributed by atoms with Crippen LogP contribution in [0, 0.1) is 5.82 Å². The zero-order chi connectivity index (χ0) is 14.8. The molecule has 0 atom stereocenters. The van der Waals surface area contributed by atoms with E-state index in [-0.39, 0.29) is 17.8 Å². The number of halogens is 1. The molecule has 1 saturated carbocycles. The van der Waals surface area contributed by atoms with Crippen LogP contribution < -0.4 is 5.32 Å². The molecule has 1 amide bonds. The first kappa shape index (κ1) is 14.2. The maximum Gasteiger partial charge on any atom is 0.276 e. The van der Waals surface area contributed by atoms with Gasteiger partial charge in [0.1, 0.15) is 11.5 Å². The summed E-state index contributed by atoms with van der Waals surface area (Å²) in [5, 5.41) is 3.48. The number of hydrogen-bond acceptors (Lipinski definition) is 2. The number of rotatable bonds is 2. The molecule has 2 fully saturated rings. The summed E-state index contributed by atoms with van der Waals surface area (Å²) in [5.74, 6) is -0.363. The van der Waals surface area contributed by atoms with E-state index in [2.05, 4.69) is 5.32 Å². The molecule has 3 rings (SSSR count). The van der Waals surface area contributed by atoms with Crippen molar-refractivity contribution < 1.29 is 9.18 Å². The van der Waals surface area contributed by atoms with Crippen LogP contribution in [0.2, 0.25) is 0 Å². The molecule has 110 valence electrons. The van der Waals surface area contributed by atoms with Crippen molar-refractivity contribution in [2.24, 2.45) is 0 Å². The summed E-state index contributed by atoms with van der Waals surface area (Å²) in [6.45, 7) is 0. The summed E-state index contributed by atoms with van der Waals surface area (Å²) in [4.78, 5) is 14.2. The highest BCUT2D eigenvalue weighted by atomic mass is 32.1. The van der Waals surface area contributed by atoms with Crippen molar-refractivity contribution in [3.05, 3.63) is 41.3 Å². The van der Waals surface area contributed by atoms with E-state index in [0.717, 1.165) is 31.2 Å². The normalized spacial score (nSPS) is 22.0. The summed E-state index contributed by atoms with van der Waals surface area (Å²) in [5.41, 5.74) is 1.25. The Morgan fingerprint density at radius 3 is 2.52 bits per heavy atom. The molecule has 5 heteroatoms. The first-order valence-electron chi connectivity index (χ1n) is 7.27. The first-order valence-corrected chi connectivity index (χ1v) is 7.68. The van der Waals surface area contributed by atoms with Gasteiger partial charge in [0, 0.05) is 6.04 Å². The Kier molecular flexibility index (Phi) is 4.01. The second-order valence-electron chi connectivity index (χ2n) is 5.51. The van der Waals surface area contributed by atoms with Crippen molar-refractivity contribution >= 4 is 29.3 Å². The van der Waals surface area contributed by atoms with E-state index in [9.17, 15) is 9.18 Å². The van der Waals surface area contributed by atoms with Gasteiger partial charge in [-0.1, -0.05) is 31.4 Å². The number of hydrogen-bond donors (Lipinski definition) is 1. The van der Waals surface area contributed by atoms with Crippen LogP contribution in [0.5, 0.6) is 0 Å². The Morgan fingerprint density at radius 1 is 1.19 bits per heavy atom. The lowest BCUT2D eigenvalue weighted by molar-refractivity contribution is -0.124. The van der Waals surface area contributed by atoms with Crippen molar-refractivity contribution in [2.75, 3.05) is 0 Å². The predicted molar refractivity (Wildman–Crippen MR) is 83.8 cm³/mol. The maximum absolute atomic E-state index is 12.9. The van der Waals surface area contributed by atoms with Crippen molar-refractivity contribution in [3.63, 3.8) is 0 Å². The summed E-state index contributed by atoms with van der Waals surface area (Å²) >= 11 is 5.31. The highest BCUT2D eigenvalue weighted by molar-refractivity contribution is 7.80. The van der Waals surface area contributed by atoms with Gasteiger partial charge in [-0.3, -0.25) is 9.69 Å². The molecular weight excluding hydrogens is 287 g/mol. The molecule has 0 bridgehead atoms. The highest BCUT2D eigenvalue weighted by Gasteiger charge is 2.36. The monoisotopic (exact) mass is 304 g/mol. The van der Waals surface area contributed by atoms with Crippen molar-refractivity contribution in [2.45, 2.75) is 38.1 Å². The lowest BCUT2D eigenvalue weighted by Gasteiger charge is -2.29. The average Bonchev–Trinajstić information content (AvgIpc) is 2.77. The topological polar surface area (TPSA) is 32.3 Å². The van der Waals surface area contributed by atoms with Crippen LogP contribution in [-0.2, 0) is 4.79 Å². The summed E-state index contributed by atoms with van der Waals surface area (Å²) in [7, 11) is 0. The Labute approximate surface area is 128 Å². The fourth-order valence-electron chi connectivity index (χ4n) is 2.95.